The number of aromatic nitrogens is 1. The molecule has 1 aromatic heterocycles. The van der Waals surface area contributed by atoms with E-state index < -0.39 is 0 Å². The number of hydrogen-bond donors (Lipinski definition) is 2. The summed E-state index contributed by atoms with van der Waals surface area (Å²) in [5.74, 6) is 0.539. The molecule has 1 unspecified atom stereocenters. The summed E-state index contributed by atoms with van der Waals surface area (Å²) < 4.78 is 17.3. The van der Waals surface area contributed by atoms with Gasteiger partial charge in [0, 0.05) is 42.1 Å². The molecule has 0 saturated carbocycles. The number of oxazole rings is 1. The van der Waals surface area contributed by atoms with Gasteiger partial charge in [0.25, 0.3) is 0 Å². The monoisotopic (exact) mass is 446 g/mol. The molecular formula is C25H26N4O4. The molecule has 0 bridgehead atoms. The maximum absolute atomic E-state index is 12.4. The highest BCUT2D eigenvalue weighted by Crippen LogP contribution is 2.43. The maximum atomic E-state index is 12.4. The van der Waals surface area contributed by atoms with Crippen LogP contribution in [0, 0.1) is 5.41 Å². The van der Waals surface area contributed by atoms with E-state index in [4.69, 9.17) is 19.3 Å². The van der Waals surface area contributed by atoms with Gasteiger partial charge in [-0.15, -0.1) is 0 Å². The smallest absolute Gasteiger partial charge is 0.400 e. The summed E-state index contributed by atoms with van der Waals surface area (Å²) in [7, 11) is 0. The van der Waals surface area contributed by atoms with E-state index in [9.17, 15) is 4.79 Å². The lowest BCUT2D eigenvalue weighted by molar-refractivity contribution is -0.117. The Morgan fingerprint density at radius 1 is 1.27 bits per heavy atom. The van der Waals surface area contributed by atoms with E-state index in [1.54, 1.807) is 11.8 Å². The van der Waals surface area contributed by atoms with Gasteiger partial charge in [-0.2, -0.15) is 4.98 Å². The second kappa shape index (κ2) is 8.71. The molecule has 3 heterocycles. The van der Waals surface area contributed by atoms with Crippen LogP contribution in [-0.4, -0.2) is 42.4 Å². The average Bonchev–Trinajstić information content (AvgIpc) is 3.18. The van der Waals surface area contributed by atoms with Gasteiger partial charge in [0.2, 0.25) is 5.91 Å². The van der Waals surface area contributed by atoms with Crippen molar-refractivity contribution < 1.29 is 18.7 Å². The lowest BCUT2D eigenvalue weighted by Gasteiger charge is -2.35. The summed E-state index contributed by atoms with van der Waals surface area (Å²) in [6.45, 7) is 4.91. The number of para-hydroxylation sites is 2. The van der Waals surface area contributed by atoms with Gasteiger partial charge < -0.3 is 29.5 Å². The molecule has 1 fully saturated rings. The molecular weight excluding hydrogens is 420 g/mol. The molecule has 1 atom stereocenters. The number of rotatable bonds is 6. The van der Waals surface area contributed by atoms with Crippen LogP contribution in [0.1, 0.15) is 31.4 Å². The molecule has 2 aliphatic rings. The molecule has 1 saturated heterocycles. The zero-order valence-electron chi connectivity index (χ0n) is 18.6. The number of nitrogens with one attached hydrogen (secondary N) is 2. The van der Waals surface area contributed by atoms with Crippen molar-refractivity contribution >= 4 is 34.5 Å². The lowest BCUT2D eigenvalue weighted by atomic mass is 9.92. The number of amides is 1. The third kappa shape index (κ3) is 3.98. The van der Waals surface area contributed by atoms with Crippen LogP contribution in [0.4, 0.5) is 5.69 Å². The van der Waals surface area contributed by atoms with Crippen molar-refractivity contribution in [2.45, 2.75) is 38.8 Å². The Balaban J connectivity index is 1.62. The van der Waals surface area contributed by atoms with E-state index in [2.05, 4.69) is 10.3 Å². The molecule has 170 valence electrons. The number of carbonyl (C=O) groups excluding carboxylic acids is 1. The maximum Gasteiger partial charge on any atom is 0.400 e. The van der Waals surface area contributed by atoms with Crippen molar-refractivity contribution in [1.29, 1.82) is 5.41 Å². The zero-order chi connectivity index (χ0) is 22.9. The molecule has 2 N–H and O–H groups in total. The predicted octanol–water partition coefficient (Wildman–Crippen LogP) is 4.29. The molecule has 0 aliphatic carbocycles. The summed E-state index contributed by atoms with van der Waals surface area (Å²) in [4.78, 5) is 18.7. The van der Waals surface area contributed by atoms with Gasteiger partial charge in [0.1, 0.15) is 11.3 Å². The van der Waals surface area contributed by atoms with Crippen LogP contribution in [0.2, 0.25) is 0 Å². The van der Waals surface area contributed by atoms with Crippen LogP contribution in [0.3, 0.4) is 0 Å². The normalized spacial score (nSPS) is 18.5. The summed E-state index contributed by atoms with van der Waals surface area (Å²) in [6.07, 6.45) is 4.78. The highest BCUT2D eigenvalue weighted by Gasteiger charge is 2.31. The average molecular weight is 447 g/mol. The Kier molecular flexibility index (Phi) is 5.60. The SMILES string of the molecule is CC(=O)N1c2ccc(/C(C=N)=C/NC3COC3)c(Oc3nc4ccccc4o3)c2CCC1C. The van der Waals surface area contributed by atoms with Crippen LogP contribution < -0.4 is 15.0 Å². The fourth-order valence-electron chi connectivity index (χ4n) is 4.35. The van der Waals surface area contributed by atoms with Gasteiger partial charge in [0.15, 0.2) is 5.58 Å². The summed E-state index contributed by atoms with van der Waals surface area (Å²) in [6, 6.07) is 11.6. The number of allylic oxidation sites excluding steroid dienone is 1. The molecule has 0 radical (unpaired) electrons. The Labute approximate surface area is 191 Å². The van der Waals surface area contributed by atoms with Crippen LogP contribution in [0.5, 0.6) is 11.8 Å². The summed E-state index contributed by atoms with van der Waals surface area (Å²) >= 11 is 0. The molecule has 2 aromatic carbocycles. The van der Waals surface area contributed by atoms with Gasteiger partial charge in [0.05, 0.1) is 24.9 Å². The van der Waals surface area contributed by atoms with Gasteiger partial charge in [-0.3, -0.25) is 4.79 Å². The van der Waals surface area contributed by atoms with Gasteiger partial charge in [-0.05, 0) is 44.0 Å². The number of benzene rings is 2. The van der Waals surface area contributed by atoms with E-state index >= 15 is 0 Å². The molecule has 33 heavy (non-hydrogen) atoms. The Morgan fingerprint density at radius 3 is 2.79 bits per heavy atom. The van der Waals surface area contributed by atoms with E-state index in [-0.39, 0.29) is 24.1 Å². The van der Waals surface area contributed by atoms with Gasteiger partial charge in [-0.25, -0.2) is 0 Å². The minimum absolute atomic E-state index is 0.0153. The highest BCUT2D eigenvalue weighted by atomic mass is 16.6. The van der Waals surface area contributed by atoms with Crippen molar-refractivity contribution in [1.82, 2.24) is 10.3 Å². The molecule has 0 spiro atoms. The predicted molar refractivity (Wildman–Crippen MR) is 126 cm³/mol. The first-order valence-corrected chi connectivity index (χ1v) is 11.1. The fourth-order valence-corrected chi connectivity index (χ4v) is 4.35. The largest absolute Gasteiger partial charge is 0.410 e. The van der Waals surface area contributed by atoms with Crippen LogP contribution in [0.15, 0.2) is 47.0 Å². The van der Waals surface area contributed by atoms with Gasteiger partial charge in [-0.1, -0.05) is 12.1 Å². The minimum Gasteiger partial charge on any atom is -0.410 e. The number of fused-ring (bicyclic) bond motifs is 2. The van der Waals surface area contributed by atoms with E-state index in [0.29, 0.717) is 35.6 Å². The quantitative estimate of drug-likeness (QED) is 0.548. The van der Waals surface area contributed by atoms with Crippen molar-refractivity contribution in [3.8, 4) is 11.8 Å². The Hall–Kier alpha value is -3.65. The number of carbonyl (C=O) groups is 1. The van der Waals surface area contributed by atoms with Gasteiger partial charge >= 0.3 is 6.08 Å². The topological polar surface area (TPSA) is 101 Å². The first-order valence-electron chi connectivity index (χ1n) is 11.1. The minimum atomic E-state index is -0.0153. The summed E-state index contributed by atoms with van der Waals surface area (Å²) in [5, 5.41) is 11.3. The van der Waals surface area contributed by atoms with Crippen LogP contribution in [0.25, 0.3) is 16.7 Å². The second-order valence-electron chi connectivity index (χ2n) is 8.41. The number of ether oxygens (including phenoxy) is 2. The fraction of sp³-hybridized carbons (Fsp3) is 0.320. The zero-order valence-corrected chi connectivity index (χ0v) is 18.6. The van der Waals surface area contributed by atoms with E-state index in [1.165, 1.54) is 6.21 Å². The Morgan fingerprint density at radius 2 is 2.09 bits per heavy atom. The molecule has 1 amide bonds. The first-order chi connectivity index (χ1) is 16.0. The Bertz CT molecular complexity index is 1210. The van der Waals surface area contributed by atoms with Crippen molar-refractivity contribution in [2.75, 3.05) is 18.1 Å². The van der Waals surface area contributed by atoms with Crippen molar-refractivity contribution in [2.24, 2.45) is 0 Å². The summed E-state index contributed by atoms with van der Waals surface area (Å²) in [5.41, 5.74) is 4.45. The third-order valence-electron chi connectivity index (χ3n) is 6.13. The number of nitrogens with zero attached hydrogens (tertiary/aromatic N) is 2. The molecule has 3 aromatic rings. The molecule has 8 heteroatoms. The second-order valence-corrected chi connectivity index (χ2v) is 8.41. The molecule has 2 aliphatic heterocycles. The van der Waals surface area contributed by atoms with Crippen LogP contribution >= 0.6 is 0 Å². The lowest BCUT2D eigenvalue weighted by Crippen LogP contribution is -2.43. The third-order valence-corrected chi connectivity index (χ3v) is 6.13. The van der Waals surface area contributed by atoms with Crippen LogP contribution in [-0.2, 0) is 16.0 Å². The molecule has 5 rings (SSSR count). The standard InChI is InChI=1S/C25H26N4O4/c1-15-7-8-20-22(29(15)16(2)30)10-9-19(17(11-26)12-27-18-13-31-14-18)24(20)33-25-28-21-5-3-4-6-23(21)32-25/h3-6,9-12,15,18,26-27H,7-8,13-14H2,1-2H3/b17-12+,26-11?. The number of anilines is 1. The van der Waals surface area contributed by atoms with Crippen molar-refractivity contribution in [3.63, 3.8) is 0 Å². The highest BCUT2D eigenvalue weighted by molar-refractivity contribution is 6.10. The molecule has 8 nitrogen and oxygen atoms in total. The van der Waals surface area contributed by atoms with Crippen molar-refractivity contribution in [3.05, 3.63) is 53.7 Å². The van der Waals surface area contributed by atoms with E-state index in [0.717, 1.165) is 29.7 Å². The number of hydrogen-bond acceptors (Lipinski definition) is 7. The van der Waals surface area contributed by atoms with E-state index in [1.807, 2.05) is 49.5 Å². The first kappa shape index (κ1) is 21.2.